The van der Waals surface area contributed by atoms with Crippen LogP contribution in [0.25, 0.3) is 0 Å². The van der Waals surface area contributed by atoms with Crippen molar-refractivity contribution in [3.05, 3.63) is 63.0 Å². The van der Waals surface area contributed by atoms with E-state index in [-0.39, 0.29) is 12.1 Å². The van der Waals surface area contributed by atoms with Gasteiger partial charge in [0.1, 0.15) is 6.54 Å². The summed E-state index contributed by atoms with van der Waals surface area (Å²) in [6.07, 6.45) is 1.48. The summed E-state index contributed by atoms with van der Waals surface area (Å²) in [5.41, 5.74) is 1.34. The molecule has 120 valence electrons. The fourth-order valence-corrected chi connectivity index (χ4v) is 2.42. The van der Waals surface area contributed by atoms with Crippen LogP contribution in [0.15, 0.2) is 51.9 Å². The zero-order valence-corrected chi connectivity index (χ0v) is 14.0. The summed E-state index contributed by atoms with van der Waals surface area (Å²) in [5.74, 6) is -1.11. The van der Waals surface area contributed by atoms with E-state index < -0.39 is 18.5 Å². The van der Waals surface area contributed by atoms with E-state index >= 15 is 0 Å². The zero-order valence-electron chi connectivity index (χ0n) is 12.4. The molecule has 0 bridgehead atoms. The Balaban J connectivity index is 1.85. The SMILES string of the molecule is Cc1ccc(NC(=O)COC(=O)Cn2ccccc2=O)c(Br)c1. The van der Waals surface area contributed by atoms with Gasteiger partial charge in [0.05, 0.1) is 5.69 Å². The van der Waals surface area contributed by atoms with Crippen LogP contribution in [-0.4, -0.2) is 23.1 Å². The number of anilines is 1. The minimum absolute atomic E-state index is 0.235. The lowest BCUT2D eigenvalue weighted by atomic mass is 10.2. The number of esters is 1. The highest BCUT2D eigenvalue weighted by Crippen LogP contribution is 2.23. The number of halogens is 1. The second-order valence-electron chi connectivity index (χ2n) is 4.86. The molecule has 1 N–H and O–H groups in total. The van der Waals surface area contributed by atoms with Crippen LogP contribution in [0.4, 0.5) is 5.69 Å². The van der Waals surface area contributed by atoms with E-state index in [1.165, 1.54) is 16.8 Å². The smallest absolute Gasteiger partial charge is 0.326 e. The Bertz CT molecular complexity index is 786. The van der Waals surface area contributed by atoms with Crippen LogP contribution in [-0.2, 0) is 20.9 Å². The molecule has 23 heavy (non-hydrogen) atoms. The number of carbonyl (C=O) groups excluding carboxylic acids is 2. The van der Waals surface area contributed by atoms with Gasteiger partial charge in [0, 0.05) is 16.7 Å². The van der Waals surface area contributed by atoms with Gasteiger partial charge in [-0.3, -0.25) is 14.4 Å². The van der Waals surface area contributed by atoms with Crippen molar-refractivity contribution in [1.29, 1.82) is 0 Å². The number of pyridine rings is 1. The average molecular weight is 379 g/mol. The molecule has 0 saturated carbocycles. The third-order valence-corrected chi connectivity index (χ3v) is 3.62. The molecule has 0 aliphatic heterocycles. The van der Waals surface area contributed by atoms with Crippen molar-refractivity contribution in [2.45, 2.75) is 13.5 Å². The number of hydrogen-bond acceptors (Lipinski definition) is 4. The van der Waals surface area contributed by atoms with Crippen LogP contribution >= 0.6 is 15.9 Å². The van der Waals surface area contributed by atoms with Crippen molar-refractivity contribution in [3.63, 3.8) is 0 Å². The van der Waals surface area contributed by atoms with Gasteiger partial charge < -0.3 is 14.6 Å². The number of amides is 1. The molecule has 2 aromatic rings. The number of nitrogens with zero attached hydrogens (tertiary/aromatic N) is 1. The predicted molar refractivity (Wildman–Crippen MR) is 89.2 cm³/mol. The first-order chi connectivity index (χ1) is 11.0. The molecule has 1 amide bonds. The molecule has 1 aromatic carbocycles. The van der Waals surface area contributed by atoms with Crippen molar-refractivity contribution < 1.29 is 14.3 Å². The van der Waals surface area contributed by atoms with E-state index in [2.05, 4.69) is 21.2 Å². The third-order valence-electron chi connectivity index (χ3n) is 2.96. The van der Waals surface area contributed by atoms with Crippen molar-refractivity contribution in [3.8, 4) is 0 Å². The van der Waals surface area contributed by atoms with Crippen LogP contribution < -0.4 is 10.9 Å². The molecule has 0 atom stereocenters. The van der Waals surface area contributed by atoms with Gasteiger partial charge in [-0.15, -0.1) is 0 Å². The first-order valence-electron chi connectivity index (χ1n) is 6.83. The standard InChI is InChI=1S/C16H15BrN2O4/c1-11-5-6-13(12(17)8-11)18-14(20)10-23-16(22)9-19-7-3-2-4-15(19)21/h2-8H,9-10H2,1H3,(H,18,20). The Morgan fingerprint density at radius 3 is 2.74 bits per heavy atom. The topological polar surface area (TPSA) is 77.4 Å². The van der Waals surface area contributed by atoms with Crippen molar-refractivity contribution in [2.75, 3.05) is 11.9 Å². The quantitative estimate of drug-likeness (QED) is 0.808. The van der Waals surface area contributed by atoms with Gasteiger partial charge in [-0.2, -0.15) is 0 Å². The van der Waals surface area contributed by atoms with Crippen molar-refractivity contribution >= 4 is 33.5 Å². The minimum atomic E-state index is -0.656. The molecule has 1 aromatic heterocycles. The molecule has 0 fully saturated rings. The first kappa shape index (κ1) is 17.0. The monoisotopic (exact) mass is 378 g/mol. The molecule has 0 spiro atoms. The molecule has 0 aliphatic carbocycles. The average Bonchev–Trinajstić information content (AvgIpc) is 2.50. The number of rotatable bonds is 5. The highest BCUT2D eigenvalue weighted by molar-refractivity contribution is 9.10. The molecule has 0 saturated heterocycles. The second-order valence-corrected chi connectivity index (χ2v) is 5.71. The van der Waals surface area contributed by atoms with E-state index in [1.54, 1.807) is 18.2 Å². The Morgan fingerprint density at radius 2 is 2.04 bits per heavy atom. The van der Waals surface area contributed by atoms with Gasteiger partial charge in [-0.25, -0.2) is 0 Å². The molecule has 7 heteroatoms. The van der Waals surface area contributed by atoms with Crippen LogP contribution in [0.1, 0.15) is 5.56 Å². The Kier molecular flexibility index (Phi) is 5.70. The maximum absolute atomic E-state index is 11.8. The summed E-state index contributed by atoms with van der Waals surface area (Å²) in [6, 6.07) is 10.0. The maximum atomic E-state index is 11.8. The number of aryl methyl sites for hydroxylation is 1. The molecule has 1 heterocycles. The second kappa shape index (κ2) is 7.73. The molecule has 0 unspecified atom stereocenters. The van der Waals surface area contributed by atoms with Gasteiger partial charge in [-0.05, 0) is 46.6 Å². The normalized spacial score (nSPS) is 10.2. The number of aromatic nitrogens is 1. The van der Waals surface area contributed by atoms with Gasteiger partial charge in [0.2, 0.25) is 0 Å². The summed E-state index contributed by atoms with van der Waals surface area (Å²) < 4.78 is 6.82. The number of hydrogen-bond donors (Lipinski definition) is 1. The number of nitrogens with one attached hydrogen (secondary N) is 1. The molecular weight excluding hydrogens is 364 g/mol. The molecule has 6 nitrogen and oxygen atoms in total. The number of benzene rings is 1. The summed E-state index contributed by atoms with van der Waals surface area (Å²) in [5, 5.41) is 2.64. The lowest BCUT2D eigenvalue weighted by molar-refractivity contribution is -0.147. The molecular formula is C16H15BrN2O4. The van der Waals surface area contributed by atoms with E-state index in [9.17, 15) is 14.4 Å². The van der Waals surface area contributed by atoms with Gasteiger partial charge in [0.15, 0.2) is 6.61 Å². The summed E-state index contributed by atoms with van der Waals surface area (Å²) in [7, 11) is 0. The fraction of sp³-hybridized carbons (Fsp3) is 0.188. The van der Waals surface area contributed by atoms with E-state index in [0.29, 0.717) is 5.69 Å². The van der Waals surface area contributed by atoms with E-state index in [4.69, 9.17) is 4.74 Å². The lowest BCUT2D eigenvalue weighted by Gasteiger charge is -2.09. The molecule has 0 aliphatic rings. The Labute approximate surface area is 141 Å². The van der Waals surface area contributed by atoms with Crippen LogP contribution in [0, 0.1) is 6.92 Å². The lowest BCUT2D eigenvalue weighted by Crippen LogP contribution is -2.27. The van der Waals surface area contributed by atoms with Crippen LogP contribution in [0.2, 0.25) is 0 Å². The highest BCUT2D eigenvalue weighted by Gasteiger charge is 2.10. The third kappa shape index (κ3) is 5.07. The van der Waals surface area contributed by atoms with Crippen molar-refractivity contribution in [1.82, 2.24) is 4.57 Å². The fourth-order valence-electron chi connectivity index (χ4n) is 1.83. The highest BCUT2D eigenvalue weighted by atomic mass is 79.9. The molecule has 0 radical (unpaired) electrons. The van der Waals surface area contributed by atoms with Crippen LogP contribution in [0.5, 0.6) is 0 Å². The summed E-state index contributed by atoms with van der Waals surface area (Å²) in [4.78, 5) is 34.9. The number of ether oxygens (including phenoxy) is 1. The maximum Gasteiger partial charge on any atom is 0.326 e. The van der Waals surface area contributed by atoms with Crippen molar-refractivity contribution in [2.24, 2.45) is 0 Å². The molecule has 2 rings (SSSR count). The summed E-state index contributed by atoms with van der Waals surface area (Å²) >= 11 is 3.35. The van der Waals surface area contributed by atoms with E-state index in [1.807, 2.05) is 19.1 Å². The van der Waals surface area contributed by atoms with Gasteiger partial charge in [0.25, 0.3) is 11.5 Å². The minimum Gasteiger partial charge on any atom is -0.454 e. The summed E-state index contributed by atoms with van der Waals surface area (Å²) in [6.45, 7) is 1.28. The first-order valence-corrected chi connectivity index (χ1v) is 7.62. The van der Waals surface area contributed by atoms with Crippen LogP contribution in [0.3, 0.4) is 0 Å². The Morgan fingerprint density at radius 1 is 1.26 bits per heavy atom. The number of carbonyl (C=O) groups is 2. The largest absolute Gasteiger partial charge is 0.454 e. The predicted octanol–water partition coefficient (Wildman–Crippen LogP) is 2.10. The van der Waals surface area contributed by atoms with Gasteiger partial charge >= 0.3 is 5.97 Å². The van der Waals surface area contributed by atoms with E-state index in [0.717, 1.165) is 10.0 Å². The Hall–Kier alpha value is -2.41. The zero-order chi connectivity index (χ0) is 16.8. The van der Waals surface area contributed by atoms with Gasteiger partial charge in [-0.1, -0.05) is 12.1 Å².